The number of benzene rings is 1. The van der Waals surface area contributed by atoms with Gasteiger partial charge in [0.2, 0.25) is 21.8 Å². The molecule has 12 nitrogen and oxygen atoms in total. The Morgan fingerprint density at radius 1 is 1.13 bits per heavy atom. The van der Waals surface area contributed by atoms with E-state index >= 15 is 0 Å². The summed E-state index contributed by atoms with van der Waals surface area (Å²) in [5.74, 6) is -2.32. The monoisotopic (exact) mass is 646 g/mol. The fourth-order valence-corrected chi connectivity index (χ4v) is 7.17. The topological polar surface area (TPSA) is 162 Å². The van der Waals surface area contributed by atoms with Crippen LogP contribution in [0.1, 0.15) is 72.1 Å². The number of hydrogen-bond donors (Lipinski definition) is 3. The van der Waals surface area contributed by atoms with Crippen LogP contribution in [0.2, 0.25) is 0 Å². The summed E-state index contributed by atoms with van der Waals surface area (Å²) >= 11 is 0. The average Bonchev–Trinajstić information content (AvgIpc) is 3.45. The second kappa shape index (κ2) is 13.9. The second-order valence-electron chi connectivity index (χ2n) is 13.4. The van der Waals surface area contributed by atoms with Gasteiger partial charge in [0.15, 0.2) is 0 Å². The number of fused-ring (bicyclic) bond motifs is 2. The van der Waals surface area contributed by atoms with Crippen LogP contribution in [0.3, 0.4) is 0 Å². The summed E-state index contributed by atoms with van der Waals surface area (Å²) in [5, 5.41) is 15.3. The molecule has 4 rings (SSSR count). The molecule has 2 aliphatic heterocycles. The first-order valence-corrected chi connectivity index (χ1v) is 17.1. The minimum Gasteiger partial charge on any atom is -0.479 e. The van der Waals surface area contributed by atoms with Crippen molar-refractivity contribution >= 4 is 33.9 Å². The summed E-state index contributed by atoms with van der Waals surface area (Å²) in [6, 6.07) is 6.17. The SMILES string of the molecule is CN(CC(OC(=O)N[C@H]1CCCCC/C=C\C2C[C@@]2(C(=O)O)NC(=O)[C@@H]2CCCN2C1=O)C(C)(C)C)S(=O)(=O)c1ccccc1. The number of alkyl carbamates (subject to hydrolysis) is 1. The summed E-state index contributed by atoms with van der Waals surface area (Å²) in [4.78, 5) is 54.2. The highest BCUT2D eigenvalue weighted by atomic mass is 32.2. The van der Waals surface area contributed by atoms with E-state index in [2.05, 4.69) is 10.6 Å². The van der Waals surface area contributed by atoms with Gasteiger partial charge >= 0.3 is 12.1 Å². The third-order valence-electron chi connectivity index (χ3n) is 8.99. The molecule has 1 aliphatic carbocycles. The van der Waals surface area contributed by atoms with Crippen LogP contribution in [-0.2, 0) is 29.1 Å². The molecule has 2 fully saturated rings. The van der Waals surface area contributed by atoms with Crippen molar-refractivity contribution in [3.05, 3.63) is 42.5 Å². The van der Waals surface area contributed by atoms with Crippen molar-refractivity contribution in [1.29, 1.82) is 0 Å². The Bertz CT molecular complexity index is 1390. The van der Waals surface area contributed by atoms with Crippen molar-refractivity contribution in [3.8, 4) is 0 Å². The molecule has 13 heteroatoms. The Hall–Kier alpha value is -3.45. The molecule has 0 spiro atoms. The van der Waals surface area contributed by atoms with E-state index in [1.807, 2.05) is 32.9 Å². The number of allylic oxidation sites excluding steroid dienone is 1. The molecular weight excluding hydrogens is 600 g/mol. The summed E-state index contributed by atoms with van der Waals surface area (Å²) in [6.45, 7) is 5.69. The van der Waals surface area contributed by atoms with E-state index in [9.17, 15) is 32.7 Å². The maximum Gasteiger partial charge on any atom is 0.408 e. The number of carboxylic acid groups (broad SMARTS) is 1. The van der Waals surface area contributed by atoms with Crippen molar-refractivity contribution in [2.24, 2.45) is 11.3 Å². The predicted molar refractivity (Wildman–Crippen MR) is 166 cm³/mol. The van der Waals surface area contributed by atoms with Crippen molar-refractivity contribution in [1.82, 2.24) is 19.8 Å². The Morgan fingerprint density at radius 3 is 2.51 bits per heavy atom. The molecule has 0 radical (unpaired) electrons. The first-order valence-electron chi connectivity index (χ1n) is 15.7. The highest BCUT2D eigenvalue weighted by molar-refractivity contribution is 7.89. The lowest BCUT2D eigenvalue weighted by Gasteiger charge is -2.34. The van der Waals surface area contributed by atoms with E-state index in [0.717, 1.165) is 23.6 Å². The Labute approximate surface area is 265 Å². The van der Waals surface area contributed by atoms with Gasteiger partial charge in [0.1, 0.15) is 23.7 Å². The lowest BCUT2D eigenvalue weighted by Crippen LogP contribution is -2.56. The maximum atomic E-state index is 13.9. The van der Waals surface area contributed by atoms with Crippen LogP contribution < -0.4 is 10.6 Å². The van der Waals surface area contributed by atoms with Crippen LogP contribution >= 0.6 is 0 Å². The zero-order chi connectivity index (χ0) is 33.0. The number of aliphatic carboxylic acids is 1. The molecule has 0 aromatic heterocycles. The highest BCUT2D eigenvalue weighted by Crippen LogP contribution is 2.45. The first kappa shape index (κ1) is 34.4. The quantitative estimate of drug-likeness (QED) is 0.380. The van der Waals surface area contributed by atoms with Gasteiger partial charge in [-0.1, -0.05) is 64.0 Å². The molecule has 248 valence electrons. The molecule has 3 aliphatic rings. The van der Waals surface area contributed by atoms with Crippen LogP contribution in [0.4, 0.5) is 4.79 Å². The van der Waals surface area contributed by atoms with Crippen LogP contribution in [0, 0.1) is 11.3 Å². The lowest BCUT2D eigenvalue weighted by atomic mass is 9.89. The number of amides is 3. The Kier molecular flexibility index (Phi) is 10.6. The molecule has 2 heterocycles. The summed E-state index contributed by atoms with van der Waals surface area (Å²) in [5.41, 5.74) is -2.01. The zero-order valence-electron chi connectivity index (χ0n) is 26.5. The minimum absolute atomic E-state index is 0.110. The Balaban J connectivity index is 1.49. The van der Waals surface area contributed by atoms with E-state index in [1.54, 1.807) is 18.2 Å². The number of nitrogens with one attached hydrogen (secondary N) is 2. The molecule has 3 amide bonds. The van der Waals surface area contributed by atoms with Crippen molar-refractivity contribution < 1.29 is 37.4 Å². The van der Waals surface area contributed by atoms with E-state index < -0.39 is 63.0 Å². The highest BCUT2D eigenvalue weighted by Gasteiger charge is 2.61. The van der Waals surface area contributed by atoms with Crippen LogP contribution in [0.15, 0.2) is 47.4 Å². The van der Waals surface area contributed by atoms with Gasteiger partial charge in [-0.05, 0) is 50.7 Å². The molecule has 2 unspecified atom stereocenters. The number of sulfonamides is 1. The van der Waals surface area contributed by atoms with Gasteiger partial charge in [0, 0.05) is 24.9 Å². The number of hydrogen-bond acceptors (Lipinski definition) is 7. The van der Waals surface area contributed by atoms with Crippen molar-refractivity contribution in [2.45, 2.75) is 101 Å². The number of rotatable bonds is 7. The second-order valence-corrected chi connectivity index (χ2v) is 15.4. The van der Waals surface area contributed by atoms with Crippen molar-refractivity contribution in [2.75, 3.05) is 20.1 Å². The van der Waals surface area contributed by atoms with Crippen LogP contribution in [0.25, 0.3) is 0 Å². The fourth-order valence-electron chi connectivity index (χ4n) is 5.97. The van der Waals surface area contributed by atoms with Gasteiger partial charge in [-0.2, -0.15) is 4.31 Å². The van der Waals surface area contributed by atoms with E-state index in [1.165, 1.54) is 24.1 Å². The largest absolute Gasteiger partial charge is 0.479 e. The molecule has 45 heavy (non-hydrogen) atoms. The van der Waals surface area contributed by atoms with Gasteiger partial charge in [-0.15, -0.1) is 0 Å². The van der Waals surface area contributed by atoms with Crippen LogP contribution in [0.5, 0.6) is 0 Å². The van der Waals surface area contributed by atoms with E-state index in [0.29, 0.717) is 38.6 Å². The van der Waals surface area contributed by atoms with E-state index in [-0.39, 0.29) is 17.4 Å². The summed E-state index contributed by atoms with van der Waals surface area (Å²) in [6.07, 6.45) is 6.66. The Morgan fingerprint density at radius 2 is 1.84 bits per heavy atom. The minimum atomic E-state index is -3.84. The molecule has 1 aromatic carbocycles. The number of carbonyl (C=O) groups excluding carboxylic acids is 3. The standard InChI is InChI=1S/C32H46N4O8S/c1-31(2,3)26(21-35(4)45(42,43)23-15-10-8-11-16-23)44-30(41)33-24-17-12-7-5-6-9-14-22-20-32(22,29(39)40)34-27(37)25-18-13-19-36(25)28(24)38/h8-11,14-16,22,24-26H,5-7,12-13,17-21H2,1-4H3,(H,33,41)(H,34,37)(H,39,40)/b14-9-/t22?,24-,25-,26?,32+/m0/s1. The lowest BCUT2D eigenvalue weighted by molar-refractivity contribution is -0.145. The predicted octanol–water partition coefficient (Wildman–Crippen LogP) is 3.29. The van der Waals surface area contributed by atoms with Gasteiger partial charge in [-0.25, -0.2) is 18.0 Å². The molecule has 3 N–H and O–H groups in total. The molecule has 1 aromatic rings. The normalized spacial score (nSPS) is 27.7. The number of likely N-dealkylation sites (N-methyl/N-ethyl adjacent to an activating group) is 1. The molecule has 5 atom stereocenters. The summed E-state index contributed by atoms with van der Waals surface area (Å²) in [7, 11) is -2.41. The number of carbonyl (C=O) groups is 4. The van der Waals surface area contributed by atoms with Gasteiger partial charge in [-0.3, -0.25) is 9.59 Å². The van der Waals surface area contributed by atoms with Gasteiger partial charge < -0.3 is 25.4 Å². The molecule has 1 saturated carbocycles. The molecule has 1 saturated heterocycles. The third-order valence-corrected chi connectivity index (χ3v) is 10.8. The zero-order valence-corrected chi connectivity index (χ0v) is 27.3. The molecular formula is C32H46N4O8S. The summed E-state index contributed by atoms with van der Waals surface area (Å²) < 4.78 is 33.3. The third kappa shape index (κ3) is 8.04. The van der Waals surface area contributed by atoms with Crippen LogP contribution in [-0.4, -0.2) is 90.5 Å². The smallest absolute Gasteiger partial charge is 0.408 e. The first-order chi connectivity index (χ1) is 21.2. The maximum absolute atomic E-state index is 13.9. The fraction of sp³-hybridized carbons (Fsp3) is 0.625. The number of nitrogens with zero attached hydrogens (tertiary/aromatic N) is 2. The van der Waals surface area contributed by atoms with Gasteiger partial charge in [0.25, 0.3) is 0 Å². The number of carboxylic acids is 1. The number of ether oxygens (including phenoxy) is 1. The van der Waals surface area contributed by atoms with E-state index in [4.69, 9.17) is 4.74 Å². The van der Waals surface area contributed by atoms with Gasteiger partial charge in [0.05, 0.1) is 11.4 Å². The average molecular weight is 647 g/mol. The van der Waals surface area contributed by atoms with Crippen molar-refractivity contribution in [3.63, 3.8) is 0 Å². The molecule has 0 bridgehead atoms.